The summed E-state index contributed by atoms with van der Waals surface area (Å²) >= 11 is 7.36. The summed E-state index contributed by atoms with van der Waals surface area (Å²) < 4.78 is 1.95. The number of hydrogen-bond acceptors (Lipinski definition) is 6. The molecule has 0 saturated heterocycles. The normalized spacial score (nSPS) is 11.8. The molecule has 0 aliphatic rings. The number of carbonyl (C=O) groups excluding carboxylic acids is 1. The third-order valence-electron chi connectivity index (χ3n) is 4.42. The summed E-state index contributed by atoms with van der Waals surface area (Å²) in [5, 5.41) is 23.5. The second-order valence-electron chi connectivity index (χ2n) is 6.50. The Morgan fingerprint density at radius 3 is 2.47 bits per heavy atom. The van der Waals surface area contributed by atoms with E-state index in [1.807, 2.05) is 18.4 Å². The van der Waals surface area contributed by atoms with Crippen molar-refractivity contribution in [2.45, 2.75) is 37.3 Å². The highest BCUT2D eigenvalue weighted by molar-refractivity contribution is 7.98. The molecule has 1 atom stereocenters. The first-order chi connectivity index (χ1) is 14.4. The van der Waals surface area contributed by atoms with Gasteiger partial charge in [-0.25, -0.2) is 0 Å². The van der Waals surface area contributed by atoms with Gasteiger partial charge in [0.1, 0.15) is 0 Å². The first kappa shape index (κ1) is 21.8. The van der Waals surface area contributed by atoms with E-state index in [1.165, 1.54) is 23.9 Å². The standard InChI is InChI=1S/C20H20ClN5O3S/c1-3-25-18(13(2)22-19(27)15-6-8-16(21)9-7-15)23-24-20(25)30-12-14-4-10-17(11-5-14)26(28)29/h4-11,13H,3,12H2,1-2H3,(H,22,27). The molecule has 0 spiro atoms. The highest BCUT2D eigenvalue weighted by Crippen LogP contribution is 2.25. The van der Waals surface area contributed by atoms with Gasteiger partial charge in [0.15, 0.2) is 11.0 Å². The molecule has 0 aliphatic carbocycles. The predicted molar refractivity (Wildman–Crippen MR) is 116 cm³/mol. The molecule has 0 radical (unpaired) electrons. The molecule has 1 N–H and O–H groups in total. The molecule has 0 aliphatic heterocycles. The van der Waals surface area contributed by atoms with Crippen LogP contribution in [0, 0.1) is 10.1 Å². The SMILES string of the molecule is CCn1c(SCc2ccc([N+](=O)[O-])cc2)nnc1C(C)NC(=O)c1ccc(Cl)cc1. The zero-order valence-corrected chi connectivity index (χ0v) is 18.0. The van der Waals surface area contributed by atoms with E-state index >= 15 is 0 Å². The lowest BCUT2D eigenvalue weighted by Crippen LogP contribution is -2.28. The average molecular weight is 446 g/mol. The third kappa shape index (κ3) is 5.17. The number of non-ortho nitro benzene ring substituents is 1. The Labute approximate surface area is 182 Å². The van der Waals surface area contributed by atoms with E-state index < -0.39 is 4.92 Å². The van der Waals surface area contributed by atoms with Crippen LogP contribution in [0.1, 0.15) is 41.6 Å². The number of carbonyl (C=O) groups is 1. The minimum Gasteiger partial charge on any atom is -0.342 e. The molecule has 1 aromatic heterocycles. The highest BCUT2D eigenvalue weighted by Gasteiger charge is 2.19. The molecule has 1 unspecified atom stereocenters. The van der Waals surface area contributed by atoms with Crippen molar-refractivity contribution in [3.8, 4) is 0 Å². The lowest BCUT2D eigenvalue weighted by molar-refractivity contribution is -0.384. The zero-order chi connectivity index (χ0) is 21.7. The van der Waals surface area contributed by atoms with Crippen molar-refractivity contribution in [3.05, 3.63) is 80.6 Å². The maximum atomic E-state index is 12.5. The van der Waals surface area contributed by atoms with Crippen molar-refractivity contribution in [2.24, 2.45) is 0 Å². The largest absolute Gasteiger partial charge is 0.342 e. The second-order valence-corrected chi connectivity index (χ2v) is 7.88. The summed E-state index contributed by atoms with van der Waals surface area (Å²) in [6, 6.07) is 12.8. The van der Waals surface area contributed by atoms with Gasteiger partial charge >= 0.3 is 0 Å². The molecule has 30 heavy (non-hydrogen) atoms. The molecule has 3 rings (SSSR count). The van der Waals surface area contributed by atoms with Gasteiger partial charge in [-0.1, -0.05) is 35.5 Å². The van der Waals surface area contributed by atoms with Crippen LogP contribution >= 0.6 is 23.4 Å². The smallest absolute Gasteiger partial charge is 0.269 e. The fourth-order valence-electron chi connectivity index (χ4n) is 2.83. The van der Waals surface area contributed by atoms with Gasteiger partial charge in [-0.15, -0.1) is 10.2 Å². The number of amides is 1. The maximum Gasteiger partial charge on any atom is 0.269 e. The molecule has 3 aromatic rings. The van der Waals surface area contributed by atoms with Crippen LogP contribution in [0.3, 0.4) is 0 Å². The van der Waals surface area contributed by atoms with E-state index in [2.05, 4.69) is 15.5 Å². The van der Waals surface area contributed by atoms with Gasteiger partial charge in [-0.05, 0) is 43.7 Å². The number of benzene rings is 2. The van der Waals surface area contributed by atoms with Crippen molar-refractivity contribution in [3.63, 3.8) is 0 Å². The third-order valence-corrected chi connectivity index (χ3v) is 5.71. The molecular weight excluding hydrogens is 426 g/mol. The first-order valence-corrected chi connectivity index (χ1v) is 10.6. The number of nitro groups is 1. The van der Waals surface area contributed by atoms with Crippen LogP contribution in [-0.2, 0) is 12.3 Å². The maximum absolute atomic E-state index is 12.5. The van der Waals surface area contributed by atoms with Crippen LogP contribution in [-0.4, -0.2) is 25.6 Å². The van der Waals surface area contributed by atoms with Crippen molar-refractivity contribution in [1.29, 1.82) is 0 Å². The van der Waals surface area contributed by atoms with Gasteiger partial charge in [0.25, 0.3) is 11.6 Å². The Balaban J connectivity index is 1.67. The molecule has 0 fully saturated rings. The molecule has 156 valence electrons. The number of aromatic nitrogens is 3. The van der Waals surface area contributed by atoms with Crippen molar-refractivity contribution < 1.29 is 9.72 Å². The number of nitrogens with one attached hydrogen (secondary N) is 1. The second kappa shape index (κ2) is 9.73. The van der Waals surface area contributed by atoms with Gasteiger partial charge in [0, 0.05) is 35.0 Å². The lowest BCUT2D eigenvalue weighted by atomic mass is 10.2. The molecule has 10 heteroatoms. The Kier molecular flexibility index (Phi) is 7.07. The summed E-state index contributed by atoms with van der Waals surface area (Å²) in [6.45, 7) is 4.48. The summed E-state index contributed by atoms with van der Waals surface area (Å²) in [4.78, 5) is 22.8. The Morgan fingerprint density at radius 1 is 1.20 bits per heavy atom. The van der Waals surface area contributed by atoms with Crippen molar-refractivity contribution in [2.75, 3.05) is 0 Å². The van der Waals surface area contributed by atoms with Gasteiger partial charge in [0.2, 0.25) is 0 Å². The van der Waals surface area contributed by atoms with Crippen LogP contribution in [0.15, 0.2) is 53.7 Å². The first-order valence-electron chi connectivity index (χ1n) is 9.24. The van der Waals surface area contributed by atoms with E-state index in [0.717, 1.165) is 10.7 Å². The lowest BCUT2D eigenvalue weighted by Gasteiger charge is -2.15. The number of hydrogen-bond donors (Lipinski definition) is 1. The van der Waals surface area contributed by atoms with E-state index in [0.29, 0.717) is 28.7 Å². The fraction of sp³-hybridized carbons (Fsp3) is 0.250. The van der Waals surface area contributed by atoms with Crippen LogP contribution in [0.2, 0.25) is 5.02 Å². The van der Waals surface area contributed by atoms with Crippen LogP contribution in [0.4, 0.5) is 5.69 Å². The quantitative estimate of drug-likeness (QED) is 0.307. The average Bonchev–Trinajstić information content (AvgIpc) is 3.16. The Morgan fingerprint density at radius 2 is 1.87 bits per heavy atom. The van der Waals surface area contributed by atoms with E-state index in [1.54, 1.807) is 36.4 Å². The topological polar surface area (TPSA) is 103 Å². The summed E-state index contributed by atoms with van der Waals surface area (Å²) in [5.41, 5.74) is 1.52. The van der Waals surface area contributed by atoms with E-state index in [9.17, 15) is 14.9 Å². The molecular formula is C20H20ClN5O3S. The van der Waals surface area contributed by atoms with Gasteiger partial charge < -0.3 is 9.88 Å². The number of nitro benzene ring substituents is 1. The highest BCUT2D eigenvalue weighted by atomic mass is 35.5. The van der Waals surface area contributed by atoms with E-state index in [4.69, 9.17) is 11.6 Å². The molecule has 2 aromatic carbocycles. The minimum absolute atomic E-state index is 0.0630. The molecule has 8 nitrogen and oxygen atoms in total. The fourth-order valence-corrected chi connectivity index (χ4v) is 3.92. The monoisotopic (exact) mass is 445 g/mol. The van der Waals surface area contributed by atoms with Crippen molar-refractivity contribution in [1.82, 2.24) is 20.1 Å². The summed E-state index contributed by atoms with van der Waals surface area (Å²) in [6.07, 6.45) is 0. The number of halogens is 1. The van der Waals surface area contributed by atoms with Gasteiger partial charge in [0.05, 0.1) is 11.0 Å². The summed E-state index contributed by atoms with van der Waals surface area (Å²) in [7, 11) is 0. The molecule has 1 amide bonds. The predicted octanol–water partition coefficient (Wildman–Crippen LogP) is 4.64. The van der Waals surface area contributed by atoms with Crippen LogP contribution in [0.25, 0.3) is 0 Å². The van der Waals surface area contributed by atoms with Gasteiger partial charge in [-0.2, -0.15) is 0 Å². The van der Waals surface area contributed by atoms with Crippen molar-refractivity contribution >= 4 is 35.0 Å². The number of nitrogens with zero attached hydrogens (tertiary/aromatic N) is 4. The van der Waals surface area contributed by atoms with Crippen LogP contribution in [0.5, 0.6) is 0 Å². The number of rotatable bonds is 8. The van der Waals surface area contributed by atoms with Gasteiger partial charge in [-0.3, -0.25) is 14.9 Å². The minimum atomic E-state index is -0.420. The van der Waals surface area contributed by atoms with Crippen LogP contribution < -0.4 is 5.32 Å². The summed E-state index contributed by atoms with van der Waals surface area (Å²) in [5.74, 6) is 1.04. The van der Waals surface area contributed by atoms with E-state index in [-0.39, 0.29) is 17.6 Å². The molecule has 0 saturated carbocycles. The Hall–Kier alpha value is -2.91. The number of thioether (sulfide) groups is 1. The molecule has 1 heterocycles. The molecule has 0 bridgehead atoms. The zero-order valence-electron chi connectivity index (χ0n) is 16.4. The Bertz CT molecular complexity index is 1040.